The first kappa shape index (κ1) is 14.9. The van der Waals surface area contributed by atoms with E-state index >= 15 is 0 Å². The maximum absolute atomic E-state index is 13.7. The zero-order chi connectivity index (χ0) is 13.9. The van der Waals surface area contributed by atoms with Crippen LogP contribution < -0.4 is 4.74 Å². The number of aliphatic hydroxyl groups is 2. The molecule has 0 heterocycles. The minimum atomic E-state index is -1.00. The van der Waals surface area contributed by atoms with Gasteiger partial charge in [-0.2, -0.15) is 0 Å². The highest BCUT2D eigenvalue weighted by Gasteiger charge is 2.26. The minimum absolute atomic E-state index is 0.0114. The first-order chi connectivity index (χ1) is 8.24. The van der Waals surface area contributed by atoms with Gasteiger partial charge in [0.05, 0.1) is 11.7 Å². The molecule has 1 rings (SSSR count). The second-order valence-corrected chi connectivity index (χ2v) is 5.17. The molecule has 0 bridgehead atoms. The molecule has 2 N–H and O–H groups in total. The van der Waals surface area contributed by atoms with Crippen LogP contribution in [-0.4, -0.2) is 22.4 Å². The van der Waals surface area contributed by atoms with Gasteiger partial charge >= 0.3 is 0 Å². The van der Waals surface area contributed by atoms with Crippen molar-refractivity contribution in [3.8, 4) is 5.75 Å². The molecule has 0 saturated heterocycles. The van der Waals surface area contributed by atoms with Crippen LogP contribution >= 0.6 is 0 Å². The van der Waals surface area contributed by atoms with E-state index in [0.29, 0.717) is 5.56 Å². The Kier molecular flexibility index (Phi) is 4.71. The van der Waals surface area contributed by atoms with E-state index in [1.165, 1.54) is 12.1 Å². The maximum Gasteiger partial charge on any atom is 0.165 e. The maximum atomic E-state index is 13.7. The van der Waals surface area contributed by atoms with Crippen LogP contribution in [0.1, 0.15) is 39.4 Å². The third-order valence-corrected chi connectivity index (χ3v) is 3.20. The highest BCUT2D eigenvalue weighted by molar-refractivity contribution is 5.30. The third-order valence-electron chi connectivity index (χ3n) is 3.20. The topological polar surface area (TPSA) is 49.7 Å². The average Bonchev–Trinajstić information content (AvgIpc) is 2.26. The van der Waals surface area contributed by atoms with Crippen LogP contribution in [0.25, 0.3) is 0 Å². The normalized spacial score (nSPS) is 16.4. The molecule has 0 radical (unpaired) electrons. The summed E-state index contributed by atoms with van der Waals surface area (Å²) in [5, 5.41) is 19.3. The lowest BCUT2D eigenvalue weighted by molar-refractivity contribution is -0.0275. The van der Waals surface area contributed by atoms with Crippen molar-refractivity contribution in [3.05, 3.63) is 29.6 Å². The van der Waals surface area contributed by atoms with E-state index in [9.17, 15) is 14.6 Å². The first-order valence-corrected chi connectivity index (χ1v) is 6.06. The van der Waals surface area contributed by atoms with Crippen molar-refractivity contribution in [2.24, 2.45) is 5.92 Å². The van der Waals surface area contributed by atoms with Crippen molar-refractivity contribution in [1.82, 2.24) is 0 Å². The summed E-state index contributed by atoms with van der Waals surface area (Å²) in [6, 6.07) is 4.31. The molecule has 2 atom stereocenters. The van der Waals surface area contributed by atoms with Crippen LogP contribution in [-0.2, 0) is 0 Å². The predicted octanol–water partition coefficient (Wildman–Crippen LogP) is 2.66. The third kappa shape index (κ3) is 3.68. The van der Waals surface area contributed by atoms with Gasteiger partial charge in [0.2, 0.25) is 0 Å². The smallest absolute Gasteiger partial charge is 0.165 e. The number of aliphatic hydroxyl groups excluding tert-OH is 1. The molecule has 0 saturated carbocycles. The number of ether oxygens (including phenoxy) is 1. The van der Waals surface area contributed by atoms with Crippen LogP contribution in [0.4, 0.5) is 4.39 Å². The minimum Gasteiger partial charge on any atom is -0.488 e. The number of hydrogen-bond donors (Lipinski definition) is 2. The number of benzene rings is 1. The lowest BCUT2D eigenvalue weighted by atomic mass is 9.94. The Labute approximate surface area is 107 Å². The lowest BCUT2D eigenvalue weighted by Crippen LogP contribution is -2.37. The zero-order valence-corrected chi connectivity index (χ0v) is 11.3. The van der Waals surface area contributed by atoms with Gasteiger partial charge in [0.15, 0.2) is 11.6 Å². The molecule has 18 heavy (non-hydrogen) atoms. The van der Waals surface area contributed by atoms with E-state index in [1.807, 2.05) is 13.8 Å². The molecule has 0 aliphatic rings. The number of hydrogen-bond acceptors (Lipinski definition) is 3. The Balaban J connectivity index is 2.75. The molecular weight excluding hydrogens is 235 g/mol. The van der Waals surface area contributed by atoms with Crippen LogP contribution in [0, 0.1) is 11.7 Å². The number of rotatable bonds is 5. The standard InChI is InChI=1S/C14H21FO3/c1-9(2)14(4,17)8-18-13-6-5-11(10(3)16)7-12(13)15/h5-7,9-10,16-17H,8H2,1-4H3/t10-,14?/m0/s1. The molecule has 4 heteroatoms. The predicted molar refractivity (Wildman–Crippen MR) is 68.0 cm³/mol. The Bertz CT molecular complexity index is 400. The van der Waals surface area contributed by atoms with Gasteiger partial charge in [-0.3, -0.25) is 0 Å². The summed E-state index contributed by atoms with van der Waals surface area (Å²) in [7, 11) is 0. The summed E-state index contributed by atoms with van der Waals surface area (Å²) in [6.07, 6.45) is -0.715. The lowest BCUT2D eigenvalue weighted by Gasteiger charge is -2.27. The van der Waals surface area contributed by atoms with Gasteiger partial charge in [0.1, 0.15) is 6.61 Å². The fourth-order valence-electron chi connectivity index (χ4n) is 1.28. The SMILES string of the molecule is CC(C)C(C)(O)COc1ccc([C@H](C)O)cc1F. The second kappa shape index (κ2) is 5.67. The Hall–Kier alpha value is -1.13. The molecule has 0 spiro atoms. The van der Waals surface area contributed by atoms with Gasteiger partial charge in [-0.25, -0.2) is 4.39 Å². The Morgan fingerprint density at radius 1 is 1.33 bits per heavy atom. The summed E-state index contributed by atoms with van der Waals surface area (Å²) in [5.74, 6) is -0.439. The molecular formula is C14H21FO3. The molecule has 0 aliphatic heterocycles. The van der Waals surface area contributed by atoms with Gasteiger partial charge in [-0.05, 0) is 37.5 Å². The molecule has 1 aromatic carbocycles. The second-order valence-electron chi connectivity index (χ2n) is 5.17. The van der Waals surface area contributed by atoms with Crippen molar-refractivity contribution >= 4 is 0 Å². The first-order valence-electron chi connectivity index (χ1n) is 6.06. The molecule has 0 aromatic heterocycles. The molecule has 0 amide bonds. The van der Waals surface area contributed by atoms with Gasteiger partial charge in [0.25, 0.3) is 0 Å². The average molecular weight is 256 g/mol. The Morgan fingerprint density at radius 3 is 2.39 bits per heavy atom. The summed E-state index contributed by atoms with van der Waals surface area (Å²) in [5.41, 5.74) is -0.509. The van der Waals surface area contributed by atoms with Crippen molar-refractivity contribution in [1.29, 1.82) is 0 Å². The molecule has 0 aliphatic carbocycles. The van der Waals surface area contributed by atoms with Crippen molar-refractivity contribution in [3.63, 3.8) is 0 Å². The summed E-state index contributed by atoms with van der Waals surface area (Å²) in [4.78, 5) is 0. The highest BCUT2D eigenvalue weighted by atomic mass is 19.1. The zero-order valence-electron chi connectivity index (χ0n) is 11.3. The van der Waals surface area contributed by atoms with Gasteiger partial charge < -0.3 is 14.9 Å². The van der Waals surface area contributed by atoms with Gasteiger partial charge in [0, 0.05) is 0 Å². The molecule has 1 aromatic rings. The quantitative estimate of drug-likeness (QED) is 0.851. The summed E-state index contributed by atoms with van der Waals surface area (Å²) in [6.45, 7) is 6.99. The number of halogens is 1. The molecule has 0 fully saturated rings. The molecule has 102 valence electrons. The summed E-state index contributed by atoms with van der Waals surface area (Å²) >= 11 is 0. The van der Waals surface area contributed by atoms with Gasteiger partial charge in [-0.15, -0.1) is 0 Å². The fraction of sp³-hybridized carbons (Fsp3) is 0.571. The Morgan fingerprint density at radius 2 is 1.94 bits per heavy atom. The fourth-order valence-corrected chi connectivity index (χ4v) is 1.28. The molecule has 1 unspecified atom stereocenters. The summed E-state index contributed by atoms with van der Waals surface area (Å²) < 4.78 is 19.0. The van der Waals surface area contributed by atoms with Crippen LogP contribution in [0.2, 0.25) is 0 Å². The van der Waals surface area contributed by atoms with Crippen molar-refractivity contribution < 1.29 is 19.3 Å². The van der Waals surface area contributed by atoms with Crippen molar-refractivity contribution in [2.45, 2.75) is 39.4 Å². The van der Waals surface area contributed by atoms with Crippen molar-refractivity contribution in [2.75, 3.05) is 6.61 Å². The van der Waals surface area contributed by atoms with E-state index in [4.69, 9.17) is 4.74 Å². The monoisotopic (exact) mass is 256 g/mol. The van der Waals surface area contributed by atoms with E-state index in [-0.39, 0.29) is 18.3 Å². The van der Waals surface area contributed by atoms with E-state index in [0.717, 1.165) is 0 Å². The van der Waals surface area contributed by atoms with Crippen LogP contribution in [0.3, 0.4) is 0 Å². The molecule has 3 nitrogen and oxygen atoms in total. The van der Waals surface area contributed by atoms with Crippen LogP contribution in [0.15, 0.2) is 18.2 Å². The van der Waals surface area contributed by atoms with E-state index < -0.39 is 17.5 Å². The van der Waals surface area contributed by atoms with E-state index in [1.54, 1.807) is 19.9 Å². The highest BCUT2D eigenvalue weighted by Crippen LogP contribution is 2.24. The van der Waals surface area contributed by atoms with Crippen LogP contribution in [0.5, 0.6) is 5.75 Å². The van der Waals surface area contributed by atoms with Gasteiger partial charge in [-0.1, -0.05) is 19.9 Å². The largest absolute Gasteiger partial charge is 0.488 e. The van der Waals surface area contributed by atoms with E-state index in [2.05, 4.69) is 0 Å².